The number of methoxy groups -OCH3 is 1. The van der Waals surface area contributed by atoms with Crippen LogP contribution in [0.1, 0.15) is 78.0 Å². The molecule has 0 unspecified atom stereocenters. The SMILES string of the molecule is COC(=O)c1cc(C2CC2)cnc1Cc1ccc2c(c1)sc(=O)n2CC1CCCCC1. The summed E-state index contributed by atoms with van der Waals surface area (Å²) in [5.41, 5.74) is 4.47. The third-order valence-corrected chi connectivity index (χ3v) is 7.66. The fourth-order valence-electron chi connectivity index (χ4n) is 4.79. The molecule has 0 saturated heterocycles. The maximum Gasteiger partial charge on any atom is 0.339 e. The highest BCUT2D eigenvalue weighted by Gasteiger charge is 2.26. The average molecular weight is 437 g/mol. The second kappa shape index (κ2) is 8.58. The summed E-state index contributed by atoms with van der Waals surface area (Å²) in [7, 11) is 1.41. The summed E-state index contributed by atoms with van der Waals surface area (Å²) in [4.78, 5) is 29.8. The van der Waals surface area contributed by atoms with Gasteiger partial charge in [0.1, 0.15) is 0 Å². The van der Waals surface area contributed by atoms with Gasteiger partial charge in [0.25, 0.3) is 0 Å². The third-order valence-electron chi connectivity index (χ3n) is 6.72. The number of thiazole rings is 1. The molecular formula is C25H28N2O3S. The second-order valence-corrected chi connectivity index (χ2v) is 9.98. The maximum absolute atomic E-state index is 12.7. The topological polar surface area (TPSA) is 61.2 Å². The van der Waals surface area contributed by atoms with Crippen molar-refractivity contribution in [1.29, 1.82) is 0 Å². The van der Waals surface area contributed by atoms with Crippen LogP contribution < -0.4 is 4.87 Å². The fraction of sp³-hybridized carbons (Fsp3) is 0.480. The highest BCUT2D eigenvalue weighted by atomic mass is 32.1. The Morgan fingerprint density at radius 2 is 1.97 bits per heavy atom. The first-order valence-corrected chi connectivity index (χ1v) is 12.1. The van der Waals surface area contributed by atoms with Crippen molar-refractivity contribution in [2.75, 3.05) is 7.11 Å². The molecule has 0 atom stereocenters. The van der Waals surface area contributed by atoms with Crippen LogP contribution in [0.4, 0.5) is 0 Å². The largest absolute Gasteiger partial charge is 0.465 e. The molecule has 0 spiro atoms. The van der Waals surface area contributed by atoms with Crippen LogP contribution in [0.25, 0.3) is 10.2 Å². The lowest BCUT2D eigenvalue weighted by atomic mass is 9.89. The molecule has 2 fully saturated rings. The van der Waals surface area contributed by atoms with E-state index in [2.05, 4.69) is 23.2 Å². The van der Waals surface area contributed by atoms with Gasteiger partial charge >= 0.3 is 10.8 Å². The number of ether oxygens (including phenoxy) is 1. The molecule has 0 radical (unpaired) electrons. The Labute approximate surface area is 186 Å². The van der Waals surface area contributed by atoms with Crippen molar-refractivity contribution in [3.63, 3.8) is 0 Å². The predicted octanol–water partition coefficient (Wildman–Crippen LogP) is 5.29. The Balaban J connectivity index is 1.42. The standard InChI is InChI=1S/C25H28N2O3S/c1-30-24(28)20-13-19(18-8-9-18)14-26-21(20)11-17-7-10-22-23(12-17)31-25(29)27(22)15-16-5-3-2-4-6-16/h7,10,12-14,16,18H,2-6,8-9,11,15H2,1H3. The number of pyridine rings is 1. The van der Waals surface area contributed by atoms with E-state index >= 15 is 0 Å². The molecule has 2 heterocycles. The minimum atomic E-state index is -0.339. The number of aromatic nitrogens is 2. The number of hydrogen-bond donors (Lipinski definition) is 0. The molecule has 162 valence electrons. The molecule has 31 heavy (non-hydrogen) atoms. The van der Waals surface area contributed by atoms with Crippen LogP contribution in [-0.4, -0.2) is 22.6 Å². The van der Waals surface area contributed by atoms with E-state index in [1.807, 2.05) is 16.8 Å². The lowest BCUT2D eigenvalue weighted by Gasteiger charge is -2.21. The van der Waals surface area contributed by atoms with Crippen molar-refractivity contribution in [3.05, 3.63) is 62.5 Å². The van der Waals surface area contributed by atoms with Crippen molar-refractivity contribution in [3.8, 4) is 0 Å². The van der Waals surface area contributed by atoms with Gasteiger partial charge in [0, 0.05) is 19.2 Å². The molecule has 0 bridgehead atoms. The number of nitrogens with zero attached hydrogens (tertiary/aromatic N) is 2. The van der Waals surface area contributed by atoms with Gasteiger partial charge in [-0.1, -0.05) is 36.7 Å². The van der Waals surface area contributed by atoms with Crippen molar-refractivity contribution in [2.24, 2.45) is 5.92 Å². The number of carbonyl (C=O) groups excluding carboxylic acids is 1. The Hall–Kier alpha value is -2.47. The minimum Gasteiger partial charge on any atom is -0.465 e. The van der Waals surface area contributed by atoms with Crippen LogP contribution in [0.3, 0.4) is 0 Å². The summed E-state index contributed by atoms with van der Waals surface area (Å²) in [6.45, 7) is 0.828. The van der Waals surface area contributed by atoms with Crippen LogP contribution in [-0.2, 0) is 17.7 Å². The third kappa shape index (κ3) is 4.31. The highest BCUT2D eigenvalue weighted by Crippen LogP contribution is 2.40. The molecule has 0 N–H and O–H groups in total. The summed E-state index contributed by atoms with van der Waals surface area (Å²) in [5.74, 6) is 0.803. The predicted molar refractivity (Wildman–Crippen MR) is 123 cm³/mol. The maximum atomic E-state index is 12.7. The number of fused-ring (bicyclic) bond motifs is 1. The summed E-state index contributed by atoms with van der Waals surface area (Å²) in [5, 5.41) is 0. The molecule has 2 saturated carbocycles. The average Bonchev–Trinajstić information content (AvgIpc) is 3.59. The van der Waals surface area contributed by atoms with E-state index in [1.54, 1.807) is 0 Å². The number of carbonyl (C=O) groups is 1. The van der Waals surface area contributed by atoms with Gasteiger partial charge in [-0.05, 0) is 66.8 Å². The smallest absolute Gasteiger partial charge is 0.339 e. The van der Waals surface area contributed by atoms with E-state index in [1.165, 1.54) is 50.6 Å². The molecule has 6 heteroatoms. The second-order valence-electron chi connectivity index (χ2n) is 8.99. The summed E-state index contributed by atoms with van der Waals surface area (Å²) >= 11 is 1.32. The Bertz CT molecular complexity index is 1170. The van der Waals surface area contributed by atoms with E-state index in [0.717, 1.165) is 46.4 Å². The normalized spacial score (nSPS) is 17.2. The quantitative estimate of drug-likeness (QED) is 0.493. The molecule has 0 aliphatic heterocycles. The van der Waals surface area contributed by atoms with E-state index in [4.69, 9.17) is 4.74 Å². The number of benzene rings is 1. The van der Waals surface area contributed by atoms with Gasteiger partial charge in [0.05, 0.1) is 28.6 Å². The molecule has 2 aliphatic rings. The van der Waals surface area contributed by atoms with Gasteiger partial charge in [-0.15, -0.1) is 0 Å². The Morgan fingerprint density at radius 1 is 1.16 bits per heavy atom. The first-order chi connectivity index (χ1) is 15.1. The minimum absolute atomic E-state index is 0.125. The van der Waals surface area contributed by atoms with Crippen LogP contribution >= 0.6 is 11.3 Å². The van der Waals surface area contributed by atoms with Crippen molar-refractivity contribution >= 4 is 27.5 Å². The molecule has 0 amide bonds. The highest BCUT2D eigenvalue weighted by molar-refractivity contribution is 7.16. The number of rotatable bonds is 6. The van der Waals surface area contributed by atoms with Crippen molar-refractivity contribution in [1.82, 2.24) is 9.55 Å². The fourth-order valence-corrected chi connectivity index (χ4v) is 5.76. The van der Waals surface area contributed by atoms with Gasteiger partial charge in [-0.2, -0.15) is 0 Å². The van der Waals surface area contributed by atoms with Gasteiger partial charge in [0.2, 0.25) is 0 Å². The Morgan fingerprint density at radius 3 is 2.71 bits per heavy atom. The summed E-state index contributed by atoms with van der Waals surface area (Å²) in [6.07, 6.45) is 11.1. The van der Waals surface area contributed by atoms with Gasteiger partial charge < -0.3 is 4.74 Å². The zero-order valence-electron chi connectivity index (χ0n) is 17.9. The monoisotopic (exact) mass is 436 g/mol. The Kier molecular flexibility index (Phi) is 5.65. The first kappa shape index (κ1) is 20.4. The summed E-state index contributed by atoms with van der Waals surface area (Å²) in [6, 6.07) is 8.14. The van der Waals surface area contributed by atoms with Gasteiger partial charge in [-0.25, -0.2) is 4.79 Å². The summed E-state index contributed by atoms with van der Waals surface area (Å²) < 4.78 is 7.98. The van der Waals surface area contributed by atoms with Crippen LogP contribution in [0, 0.1) is 5.92 Å². The lowest BCUT2D eigenvalue weighted by Crippen LogP contribution is -2.20. The van der Waals surface area contributed by atoms with Crippen LogP contribution in [0.15, 0.2) is 35.3 Å². The van der Waals surface area contributed by atoms with Crippen LogP contribution in [0.2, 0.25) is 0 Å². The van der Waals surface area contributed by atoms with Gasteiger partial charge in [0.15, 0.2) is 0 Å². The molecular weight excluding hydrogens is 408 g/mol. The molecule has 1 aromatic carbocycles. The van der Waals surface area contributed by atoms with Crippen molar-refractivity contribution < 1.29 is 9.53 Å². The van der Waals surface area contributed by atoms with E-state index in [-0.39, 0.29) is 10.8 Å². The number of hydrogen-bond acceptors (Lipinski definition) is 5. The van der Waals surface area contributed by atoms with E-state index in [9.17, 15) is 9.59 Å². The molecule has 3 aromatic rings. The first-order valence-electron chi connectivity index (χ1n) is 11.3. The van der Waals surface area contributed by atoms with E-state index in [0.29, 0.717) is 23.8 Å². The molecule has 5 nitrogen and oxygen atoms in total. The van der Waals surface area contributed by atoms with E-state index < -0.39 is 0 Å². The number of esters is 1. The zero-order valence-corrected chi connectivity index (χ0v) is 18.7. The molecule has 2 aliphatic carbocycles. The van der Waals surface area contributed by atoms with Crippen molar-refractivity contribution in [2.45, 2.75) is 63.8 Å². The van der Waals surface area contributed by atoms with Crippen LogP contribution in [0.5, 0.6) is 0 Å². The lowest BCUT2D eigenvalue weighted by molar-refractivity contribution is 0.0599. The molecule has 5 rings (SSSR count). The zero-order chi connectivity index (χ0) is 21.4. The molecule has 2 aromatic heterocycles. The van der Waals surface area contributed by atoms with Gasteiger partial charge in [-0.3, -0.25) is 14.3 Å².